The van der Waals surface area contributed by atoms with Gasteiger partial charge in [-0.2, -0.15) is 4.98 Å². The van der Waals surface area contributed by atoms with E-state index in [0.717, 1.165) is 0 Å². The first-order valence-corrected chi connectivity index (χ1v) is 5.13. The topological polar surface area (TPSA) is 100 Å². The number of aromatic nitrogens is 2. The average Bonchev–Trinajstić information content (AvgIpc) is 2.84. The van der Waals surface area contributed by atoms with Crippen LogP contribution in [0.1, 0.15) is 18.1 Å². The van der Waals surface area contributed by atoms with Crippen LogP contribution >= 0.6 is 0 Å². The monoisotopic (exact) mass is 226 g/mol. The summed E-state index contributed by atoms with van der Waals surface area (Å²) in [5, 5.41) is 18.5. The van der Waals surface area contributed by atoms with Gasteiger partial charge in [0.15, 0.2) is 5.82 Å². The Hall–Kier alpha value is -1.47. The van der Waals surface area contributed by atoms with Crippen LogP contribution in [0.5, 0.6) is 0 Å². The van der Waals surface area contributed by atoms with Gasteiger partial charge in [0.2, 0.25) is 11.8 Å². The highest BCUT2D eigenvalue weighted by molar-refractivity contribution is 5.82. The van der Waals surface area contributed by atoms with E-state index in [-0.39, 0.29) is 18.5 Å². The fourth-order valence-corrected chi connectivity index (χ4v) is 1.62. The molecule has 0 bridgehead atoms. The van der Waals surface area contributed by atoms with Crippen molar-refractivity contribution in [1.29, 1.82) is 0 Å². The minimum Gasteiger partial charge on any atom is -0.392 e. The molecule has 7 nitrogen and oxygen atoms in total. The lowest BCUT2D eigenvalue weighted by Crippen LogP contribution is -2.40. The van der Waals surface area contributed by atoms with Crippen LogP contribution in [0.3, 0.4) is 0 Å². The van der Waals surface area contributed by atoms with Crippen molar-refractivity contribution in [2.75, 3.05) is 6.54 Å². The van der Waals surface area contributed by atoms with Gasteiger partial charge in [0, 0.05) is 13.5 Å². The third-order valence-electron chi connectivity index (χ3n) is 2.41. The van der Waals surface area contributed by atoms with Crippen LogP contribution < -0.4 is 10.6 Å². The smallest absolute Gasteiger partial charge is 0.237 e. The van der Waals surface area contributed by atoms with Gasteiger partial charge in [0.05, 0.1) is 18.7 Å². The Morgan fingerprint density at radius 1 is 1.75 bits per heavy atom. The molecule has 0 aliphatic carbocycles. The first-order valence-electron chi connectivity index (χ1n) is 5.13. The number of carbonyl (C=O) groups excluding carboxylic acids is 1. The standard InChI is InChI=1S/C9H14N4O3/c1-5-12-8(13-16-5)4-11-9(15)7-2-6(14)3-10-7/h6-7,10,14H,2-4H2,1H3,(H,11,15). The summed E-state index contributed by atoms with van der Waals surface area (Å²) in [5.41, 5.74) is 0. The second kappa shape index (κ2) is 4.58. The van der Waals surface area contributed by atoms with Gasteiger partial charge in [0.1, 0.15) is 0 Å². The van der Waals surface area contributed by atoms with Crippen LogP contribution in [0.2, 0.25) is 0 Å². The van der Waals surface area contributed by atoms with Crippen molar-refractivity contribution in [3.63, 3.8) is 0 Å². The molecule has 3 N–H and O–H groups in total. The van der Waals surface area contributed by atoms with Gasteiger partial charge in [0.25, 0.3) is 0 Å². The van der Waals surface area contributed by atoms with E-state index in [4.69, 9.17) is 4.52 Å². The zero-order chi connectivity index (χ0) is 11.5. The number of carbonyl (C=O) groups is 1. The maximum Gasteiger partial charge on any atom is 0.237 e. The zero-order valence-corrected chi connectivity index (χ0v) is 8.93. The number of hydrogen-bond donors (Lipinski definition) is 3. The molecule has 1 saturated heterocycles. The summed E-state index contributed by atoms with van der Waals surface area (Å²) in [5.74, 6) is 0.766. The van der Waals surface area contributed by atoms with Gasteiger partial charge in [-0.15, -0.1) is 0 Å². The molecule has 2 heterocycles. The first kappa shape index (κ1) is 11.0. The minimum absolute atomic E-state index is 0.154. The van der Waals surface area contributed by atoms with Crippen molar-refractivity contribution >= 4 is 5.91 Å². The van der Waals surface area contributed by atoms with E-state index in [1.807, 2.05) is 0 Å². The highest BCUT2D eigenvalue weighted by atomic mass is 16.5. The molecule has 1 aromatic rings. The van der Waals surface area contributed by atoms with Crippen LogP contribution in [0, 0.1) is 6.92 Å². The van der Waals surface area contributed by atoms with Crippen LogP contribution in [-0.2, 0) is 11.3 Å². The van der Waals surface area contributed by atoms with Crippen molar-refractivity contribution in [2.45, 2.75) is 32.0 Å². The summed E-state index contributed by atoms with van der Waals surface area (Å²) in [4.78, 5) is 15.6. The highest BCUT2D eigenvalue weighted by Crippen LogP contribution is 2.06. The third-order valence-corrected chi connectivity index (χ3v) is 2.41. The second-order valence-corrected chi connectivity index (χ2v) is 3.80. The van der Waals surface area contributed by atoms with Crippen molar-refractivity contribution in [1.82, 2.24) is 20.8 Å². The largest absolute Gasteiger partial charge is 0.392 e. The van der Waals surface area contributed by atoms with Crippen molar-refractivity contribution in [2.24, 2.45) is 0 Å². The van der Waals surface area contributed by atoms with Crippen molar-refractivity contribution in [3.05, 3.63) is 11.7 Å². The molecule has 0 spiro atoms. The van der Waals surface area contributed by atoms with Gasteiger partial charge >= 0.3 is 0 Å². The molecule has 2 unspecified atom stereocenters. The van der Waals surface area contributed by atoms with E-state index in [2.05, 4.69) is 20.8 Å². The van der Waals surface area contributed by atoms with Gasteiger partial charge in [-0.3, -0.25) is 4.79 Å². The lowest BCUT2D eigenvalue weighted by atomic mass is 10.2. The van der Waals surface area contributed by atoms with Crippen molar-refractivity contribution < 1.29 is 14.4 Å². The Morgan fingerprint density at radius 3 is 3.12 bits per heavy atom. The normalized spacial score (nSPS) is 24.6. The second-order valence-electron chi connectivity index (χ2n) is 3.80. The van der Waals surface area contributed by atoms with Gasteiger partial charge in [-0.25, -0.2) is 0 Å². The number of amides is 1. The van der Waals surface area contributed by atoms with Crippen LogP contribution in [0.25, 0.3) is 0 Å². The summed E-state index contributed by atoms with van der Waals surface area (Å²) >= 11 is 0. The molecule has 1 aliphatic rings. The molecule has 1 aromatic heterocycles. The Bertz CT molecular complexity index is 379. The number of rotatable bonds is 3. The maximum atomic E-state index is 11.6. The molecule has 88 valence electrons. The Kier molecular flexibility index (Phi) is 3.16. The number of aliphatic hydroxyl groups excluding tert-OH is 1. The molecule has 0 radical (unpaired) electrons. The summed E-state index contributed by atoms with van der Waals surface area (Å²) in [6.07, 6.45) is 0.0000631. The number of aryl methyl sites for hydroxylation is 1. The maximum absolute atomic E-state index is 11.6. The molecule has 1 fully saturated rings. The highest BCUT2D eigenvalue weighted by Gasteiger charge is 2.27. The summed E-state index contributed by atoms with van der Waals surface area (Å²) < 4.78 is 4.77. The van der Waals surface area contributed by atoms with Crippen LogP contribution in [0.4, 0.5) is 0 Å². The lowest BCUT2D eigenvalue weighted by Gasteiger charge is -2.08. The van der Waals surface area contributed by atoms with E-state index >= 15 is 0 Å². The molecular weight excluding hydrogens is 212 g/mol. The summed E-state index contributed by atoms with van der Waals surface area (Å²) in [7, 11) is 0. The Morgan fingerprint density at radius 2 is 2.56 bits per heavy atom. The number of β-amino-alcohol motifs (C(OH)–C–C–N with tert-alkyl or cyclic N) is 1. The minimum atomic E-state index is -0.442. The predicted molar refractivity (Wildman–Crippen MR) is 53.3 cm³/mol. The fraction of sp³-hybridized carbons (Fsp3) is 0.667. The SMILES string of the molecule is Cc1nc(CNC(=O)C2CC(O)CN2)no1. The Labute approximate surface area is 92.2 Å². The van der Waals surface area contributed by atoms with Gasteiger partial charge < -0.3 is 20.3 Å². The third kappa shape index (κ3) is 2.56. The van der Waals surface area contributed by atoms with E-state index < -0.39 is 6.10 Å². The fourth-order valence-electron chi connectivity index (χ4n) is 1.62. The first-order chi connectivity index (χ1) is 7.65. The molecule has 0 saturated carbocycles. The quantitative estimate of drug-likeness (QED) is 0.593. The molecular formula is C9H14N4O3. The molecule has 7 heteroatoms. The molecule has 16 heavy (non-hydrogen) atoms. The summed E-state index contributed by atoms with van der Waals surface area (Å²) in [6.45, 7) is 2.39. The van der Waals surface area contributed by atoms with Gasteiger partial charge in [-0.1, -0.05) is 5.16 Å². The van der Waals surface area contributed by atoms with Crippen molar-refractivity contribution in [3.8, 4) is 0 Å². The summed E-state index contributed by atoms with van der Waals surface area (Å²) in [6, 6.07) is -0.331. The van der Waals surface area contributed by atoms with E-state index in [0.29, 0.717) is 24.7 Å². The predicted octanol–water partition coefficient (Wildman–Crippen LogP) is -1.28. The number of nitrogens with one attached hydrogen (secondary N) is 2. The molecule has 0 aromatic carbocycles. The molecule has 1 aliphatic heterocycles. The Balaban J connectivity index is 1.80. The molecule has 2 rings (SSSR count). The number of nitrogens with zero attached hydrogens (tertiary/aromatic N) is 2. The zero-order valence-electron chi connectivity index (χ0n) is 8.93. The number of aliphatic hydroxyl groups is 1. The van der Waals surface area contributed by atoms with E-state index in [1.54, 1.807) is 6.92 Å². The van der Waals surface area contributed by atoms with Crippen LogP contribution in [0.15, 0.2) is 4.52 Å². The lowest BCUT2D eigenvalue weighted by molar-refractivity contribution is -0.123. The molecule has 2 atom stereocenters. The molecule has 1 amide bonds. The average molecular weight is 226 g/mol. The number of hydrogen-bond acceptors (Lipinski definition) is 6. The van der Waals surface area contributed by atoms with Gasteiger partial charge in [-0.05, 0) is 6.42 Å². The van der Waals surface area contributed by atoms with Crippen LogP contribution in [-0.4, -0.2) is 39.8 Å². The van der Waals surface area contributed by atoms with E-state index in [9.17, 15) is 9.90 Å². The van der Waals surface area contributed by atoms with E-state index in [1.165, 1.54) is 0 Å².